The lowest BCUT2D eigenvalue weighted by Gasteiger charge is -2.27. The van der Waals surface area contributed by atoms with Gasteiger partial charge in [-0.15, -0.1) is 0 Å². The van der Waals surface area contributed by atoms with Crippen LogP contribution in [0.4, 0.5) is 11.6 Å². The largest absolute Gasteiger partial charge is 0.327 e. The van der Waals surface area contributed by atoms with E-state index in [0.29, 0.717) is 23.2 Å². The van der Waals surface area contributed by atoms with E-state index in [0.717, 1.165) is 42.6 Å². The SMILES string of the molecule is Cc1cccc(NC(=O)CN(C)CC(=O)Nc2c(C#N)c(C)c(C)n2C2CCCCC2)n1. The Bertz CT molecular complexity index is 1030. The number of nitrogens with one attached hydrogen (secondary N) is 2. The Kier molecular flexibility index (Phi) is 7.65. The molecule has 2 aromatic heterocycles. The number of amides is 2. The number of carbonyl (C=O) groups excluding carboxylic acids is 2. The molecular weight excluding hydrogens is 404 g/mol. The first-order valence-electron chi connectivity index (χ1n) is 11.1. The monoisotopic (exact) mass is 436 g/mol. The third kappa shape index (κ3) is 5.54. The van der Waals surface area contributed by atoms with Crippen LogP contribution in [0.3, 0.4) is 0 Å². The van der Waals surface area contributed by atoms with Crippen molar-refractivity contribution in [2.24, 2.45) is 0 Å². The minimum Gasteiger partial charge on any atom is -0.327 e. The number of likely N-dealkylation sites (N-methyl/N-ethyl adjacent to an activating group) is 1. The summed E-state index contributed by atoms with van der Waals surface area (Å²) in [4.78, 5) is 31.0. The highest BCUT2D eigenvalue weighted by atomic mass is 16.2. The van der Waals surface area contributed by atoms with Crippen LogP contribution in [0.15, 0.2) is 18.2 Å². The van der Waals surface area contributed by atoms with E-state index in [4.69, 9.17) is 0 Å². The van der Waals surface area contributed by atoms with E-state index in [1.54, 1.807) is 18.0 Å². The highest BCUT2D eigenvalue weighted by Gasteiger charge is 2.26. The summed E-state index contributed by atoms with van der Waals surface area (Å²) in [6.07, 6.45) is 5.65. The quantitative estimate of drug-likeness (QED) is 0.689. The van der Waals surface area contributed by atoms with Crippen molar-refractivity contribution in [1.29, 1.82) is 5.26 Å². The van der Waals surface area contributed by atoms with E-state index in [-0.39, 0.29) is 24.9 Å². The minimum atomic E-state index is -0.250. The van der Waals surface area contributed by atoms with Gasteiger partial charge < -0.3 is 15.2 Å². The molecule has 8 heteroatoms. The van der Waals surface area contributed by atoms with Crippen LogP contribution in [0, 0.1) is 32.1 Å². The second-order valence-corrected chi connectivity index (χ2v) is 8.64. The first-order chi connectivity index (χ1) is 15.3. The third-order valence-electron chi connectivity index (χ3n) is 6.05. The van der Waals surface area contributed by atoms with Gasteiger partial charge >= 0.3 is 0 Å². The zero-order valence-electron chi connectivity index (χ0n) is 19.4. The third-order valence-corrected chi connectivity index (χ3v) is 6.05. The Morgan fingerprint density at radius 3 is 2.41 bits per heavy atom. The molecular formula is C24H32N6O2. The lowest BCUT2D eigenvalue weighted by atomic mass is 9.95. The number of hydrogen-bond acceptors (Lipinski definition) is 5. The van der Waals surface area contributed by atoms with Crippen molar-refractivity contribution >= 4 is 23.5 Å². The number of anilines is 2. The fourth-order valence-corrected chi connectivity index (χ4v) is 4.40. The highest BCUT2D eigenvalue weighted by molar-refractivity contribution is 5.95. The van der Waals surface area contributed by atoms with Crippen molar-refractivity contribution in [2.45, 2.75) is 58.9 Å². The summed E-state index contributed by atoms with van der Waals surface area (Å²) in [6.45, 7) is 5.88. The van der Waals surface area contributed by atoms with Gasteiger partial charge in [-0.3, -0.25) is 14.5 Å². The van der Waals surface area contributed by atoms with Crippen molar-refractivity contribution in [1.82, 2.24) is 14.5 Å². The molecule has 0 aromatic carbocycles. The van der Waals surface area contributed by atoms with E-state index in [1.165, 1.54) is 6.42 Å². The summed E-state index contributed by atoms with van der Waals surface area (Å²) in [5.41, 5.74) is 3.27. The van der Waals surface area contributed by atoms with Crippen molar-refractivity contribution in [3.05, 3.63) is 40.7 Å². The van der Waals surface area contributed by atoms with Crippen LogP contribution < -0.4 is 10.6 Å². The molecule has 2 amide bonds. The maximum atomic E-state index is 12.8. The Balaban J connectivity index is 1.65. The van der Waals surface area contributed by atoms with Crippen molar-refractivity contribution in [3.63, 3.8) is 0 Å². The normalized spacial score (nSPS) is 14.2. The number of rotatable bonds is 7. The number of nitrogens with zero attached hydrogens (tertiary/aromatic N) is 4. The molecule has 0 bridgehead atoms. The molecule has 0 spiro atoms. The van der Waals surface area contributed by atoms with Crippen LogP contribution in [0.1, 0.15) is 60.7 Å². The molecule has 3 rings (SSSR count). The maximum Gasteiger partial charge on any atom is 0.239 e. The van der Waals surface area contributed by atoms with Gasteiger partial charge in [0.15, 0.2) is 0 Å². The molecule has 1 saturated carbocycles. The van der Waals surface area contributed by atoms with Crippen molar-refractivity contribution in [2.75, 3.05) is 30.8 Å². The van der Waals surface area contributed by atoms with Crippen LogP contribution in [-0.2, 0) is 9.59 Å². The zero-order valence-corrected chi connectivity index (χ0v) is 19.4. The van der Waals surface area contributed by atoms with Crippen LogP contribution >= 0.6 is 0 Å². The van der Waals surface area contributed by atoms with Gasteiger partial charge in [-0.05, 0) is 58.4 Å². The fraction of sp³-hybridized carbons (Fsp3) is 0.500. The Morgan fingerprint density at radius 2 is 1.78 bits per heavy atom. The number of hydrogen-bond donors (Lipinski definition) is 2. The molecule has 0 aliphatic heterocycles. The average molecular weight is 437 g/mol. The molecule has 1 aliphatic rings. The molecule has 2 aromatic rings. The predicted octanol–water partition coefficient (Wildman–Crippen LogP) is 3.69. The summed E-state index contributed by atoms with van der Waals surface area (Å²) in [6, 6.07) is 7.97. The topological polar surface area (TPSA) is 103 Å². The molecule has 0 radical (unpaired) electrons. The van der Waals surface area contributed by atoms with E-state index in [2.05, 4.69) is 26.3 Å². The van der Waals surface area contributed by atoms with E-state index in [9.17, 15) is 14.9 Å². The van der Waals surface area contributed by atoms with Crippen LogP contribution in [0.2, 0.25) is 0 Å². The Morgan fingerprint density at radius 1 is 1.12 bits per heavy atom. The highest BCUT2D eigenvalue weighted by Crippen LogP contribution is 2.36. The molecule has 2 heterocycles. The summed E-state index contributed by atoms with van der Waals surface area (Å²) >= 11 is 0. The molecule has 170 valence electrons. The summed E-state index contributed by atoms with van der Waals surface area (Å²) < 4.78 is 2.14. The lowest BCUT2D eigenvalue weighted by molar-refractivity contribution is -0.119. The van der Waals surface area contributed by atoms with Gasteiger partial charge in [0.05, 0.1) is 18.7 Å². The van der Waals surface area contributed by atoms with Gasteiger partial charge in [0, 0.05) is 17.4 Å². The smallest absolute Gasteiger partial charge is 0.239 e. The summed E-state index contributed by atoms with van der Waals surface area (Å²) in [5, 5.41) is 15.4. The molecule has 1 fully saturated rings. The molecule has 2 N–H and O–H groups in total. The Hall–Kier alpha value is -3.18. The zero-order chi connectivity index (χ0) is 23.3. The van der Waals surface area contributed by atoms with Gasteiger partial charge in [-0.1, -0.05) is 25.3 Å². The minimum absolute atomic E-state index is 0.0352. The van der Waals surface area contributed by atoms with Crippen molar-refractivity contribution in [3.8, 4) is 6.07 Å². The molecule has 0 saturated heterocycles. The number of nitriles is 1. The van der Waals surface area contributed by atoms with Crippen LogP contribution in [0.25, 0.3) is 0 Å². The standard InChI is InChI=1S/C24H32N6O2/c1-16-9-8-12-21(26-16)27-22(31)14-29(4)15-23(32)28-24-20(13-25)17(2)18(3)30(24)19-10-6-5-7-11-19/h8-9,12,19H,5-7,10-11,14-15H2,1-4H3,(H,28,32)(H,26,27,31). The van der Waals surface area contributed by atoms with Crippen LogP contribution in [0.5, 0.6) is 0 Å². The van der Waals surface area contributed by atoms with E-state index >= 15 is 0 Å². The first kappa shape index (κ1) is 23.5. The molecule has 8 nitrogen and oxygen atoms in total. The molecule has 0 unspecified atom stereocenters. The second kappa shape index (κ2) is 10.4. The van der Waals surface area contributed by atoms with Gasteiger partial charge in [0.1, 0.15) is 17.7 Å². The Labute approximate surface area is 189 Å². The predicted molar refractivity (Wildman–Crippen MR) is 124 cm³/mol. The number of aryl methyl sites for hydroxylation is 1. The first-order valence-corrected chi connectivity index (χ1v) is 11.1. The number of aromatic nitrogens is 2. The van der Waals surface area contributed by atoms with E-state index < -0.39 is 0 Å². The van der Waals surface area contributed by atoms with Gasteiger partial charge in [0.25, 0.3) is 0 Å². The molecule has 0 atom stereocenters. The molecule has 1 aliphatic carbocycles. The van der Waals surface area contributed by atoms with Gasteiger partial charge in [-0.2, -0.15) is 5.26 Å². The average Bonchev–Trinajstić information content (AvgIpc) is 2.97. The van der Waals surface area contributed by atoms with E-state index in [1.807, 2.05) is 32.9 Å². The number of carbonyl (C=O) groups is 2. The lowest BCUT2D eigenvalue weighted by Crippen LogP contribution is -2.36. The molecule has 32 heavy (non-hydrogen) atoms. The van der Waals surface area contributed by atoms with Crippen molar-refractivity contribution < 1.29 is 9.59 Å². The fourth-order valence-electron chi connectivity index (χ4n) is 4.40. The van der Waals surface area contributed by atoms with Gasteiger partial charge in [-0.25, -0.2) is 4.98 Å². The maximum absolute atomic E-state index is 12.8. The second-order valence-electron chi connectivity index (χ2n) is 8.64. The number of pyridine rings is 1. The summed E-state index contributed by atoms with van der Waals surface area (Å²) in [5.74, 6) is 0.581. The summed E-state index contributed by atoms with van der Waals surface area (Å²) in [7, 11) is 1.71. The van der Waals surface area contributed by atoms with Gasteiger partial charge in [0.2, 0.25) is 11.8 Å². The van der Waals surface area contributed by atoms with Crippen LogP contribution in [-0.4, -0.2) is 46.4 Å².